The Morgan fingerprint density at radius 2 is 2.04 bits per heavy atom. The van der Waals surface area contributed by atoms with E-state index in [2.05, 4.69) is 5.32 Å². The first-order valence-electron chi connectivity index (χ1n) is 7.44. The highest BCUT2D eigenvalue weighted by atomic mass is 35.5. The van der Waals surface area contributed by atoms with E-state index in [1.54, 1.807) is 24.3 Å². The van der Waals surface area contributed by atoms with Gasteiger partial charge in [-0.25, -0.2) is 4.79 Å². The van der Waals surface area contributed by atoms with E-state index in [0.29, 0.717) is 29.4 Å². The van der Waals surface area contributed by atoms with Crippen LogP contribution in [-0.2, 0) is 16.1 Å². The summed E-state index contributed by atoms with van der Waals surface area (Å²) in [6.07, 6.45) is 0. The third-order valence-electron chi connectivity index (χ3n) is 3.37. The van der Waals surface area contributed by atoms with Crippen LogP contribution in [0.25, 0.3) is 0 Å². The van der Waals surface area contributed by atoms with Crippen LogP contribution in [0.1, 0.15) is 15.9 Å². The largest absolute Gasteiger partial charge is 0.457 e. The minimum atomic E-state index is -0.661. The predicted molar refractivity (Wildman–Crippen MR) is 94.0 cm³/mol. The molecule has 0 unspecified atom stereocenters. The van der Waals surface area contributed by atoms with Crippen LogP contribution in [-0.4, -0.2) is 31.2 Å². The van der Waals surface area contributed by atoms with Crippen LogP contribution in [0.2, 0.25) is 5.02 Å². The van der Waals surface area contributed by atoms with Gasteiger partial charge in [0.25, 0.3) is 5.69 Å². The van der Waals surface area contributed by atoms with E-state index in [9.17, 15) is 14.9 Å². The molecule has 0 aliphatic heterocycles. The van der Waals surface area contributed by atoms with E-state index >= 15 is 0 Å². The molecule has 1 N–H and O–H groups in total. The molecule has 0 aromatic heterocycles. The smallest absolute Gasteiger partial charge is 0.338 e. The zero-order valence-electron chi connectivity index (χ0n) is 13.5. The van der Waals surface area contributed by atoms with Crippen molar-refractivity contribution in [3.63, 3.8) is 0 Å². The molecule has 0 aliphatic carbocycles. The molecular weight excluding hydrogens is 348 g/mol. The fourth-order valence-corrected chi connectivity index (χ4v) is 2.28. The highest BCUT2D eigenvalue weighted by Gasteiger charge is 2.18. The van der Waals surface area contributed by atoms with Gasteiger partial charge >= 0.3 is 5.97 Å². The van der Waals surface area contributed by atoms with Gasteiger partial charge in [0.2, 0.25) is 0 Å². The normalized spacial score (nSPS) is 10.3. The lowest BCUT2D eigenvalue weighted by Gasteiger charge is -2.09. The maximum absolute atomic E-state index is 12.1. The molecule has 0 aliphatic rings. The minimum Gasteiger partial charge on any atom is -0.457 e. The van der Waals surface area contributed by atoms with Crippen molar-refractivity contribution in [2.45, 2.75) is 6.61 Å². The van der Waals surface area contributed by atoms with Gasteiger partial charge in [0.15, 0.2) is 0 Å². The lowest BCUT2D eigenvalue weighted by Crippen LogP contribution is -2.11. The molecule has 2 aromatic carbocycles. The molecule has 7 nitrogen and oxygen atoms in total. The molecule has 0 radical (unpaired) electrons. The maximum atomic E-state index is 12.1. The highest BCUT2D eigenvalue weighted by molar-refractivity contribution is 6.31. The van der Waals surface area contributed by atoms with Gasteiger partial charge in [-0.2, -0.15) is 0 Å². The van der Waals surface area contributed by atoms with E-state index < -0.39 is 10.9 Å². The molecule has 132 valence electrons. The number of benzene rings is 2. The van der Waals surface area contributed by atoms with Crippen LogP contribution in [0.3, 0.4) is 0 Å². The van der Waals surface area contributed by atoms with Crippen molar-refractivity contribution < 1.29 is 19.2 Å². The number of carbonyl (C=O) groups excluding carboxylic acids is 1. The summed E-state index contributed by atoms with van der Waals surface area (Å²) in [5, 5.41) is 14.6. The summed E-state index contributed by atoms with van der Waals surface area (Å²) < 4.78 is 10.1. The highest BCUT2D eigenvalue weighted by Crippen LogP contribution is 2.26. The predicted octanol–water partition coefficient (Wildman–Crippen LogP) is 3.66. The van der Waals surface area contributed by atoms with Crippen LogP contribution in [0.15, 0.2) is 42.5 Å². The number of nitrogens with one attached hydrogen (secondary N) is 1. The number of nitro groups is 1. The fraction of sp³-hybridized carbons (Fsp3) is 0.235. The summed E-state index contributed by atoms with van der Waals surface area (Å²) in [4.78, 5) is 22.8. The second kappa shape index (κ2) is 9.00. The van der Waals surface area contributed by atoms with Crippen molar-refractivity contribution in [1.29, 1.82) is 0 Å². The molecule has 8 heteroatoms. The van der Waals surface area contributed by atoms with Gasteiger partial charge < -0.3 is 14.8 Å². The number of methoxy groups -OCH3 is 1. The molecule has 0 bridgehead atoms. The Balaban J connectivity index is 2.10. The third kappa shape index (κ3) is 5.17. The number of esters is 1. The van der Waals surface area contributed by atoms with Crippen molar-refractivity contribution in [3.05, 3.63) is 68.7 Å². The standard InChI is InChI=1S/C17H17ClN2O5/c1-24-9-8-19-15-7-6-12(10-16(15)20(22)23)17(21)25-11-13-4-2-3-5-14(13)18/h2-7,10,19H,8-9,11H2,1H3. The number of nitrogens with zero attached hydrogens (tertiary/aromatic N) is 1. The number of nitro benzene ring substituents is 1. The SMILES string of the molecule is COCCNc1ccc(C(=O)OCc2ccccc2Cl)cc1[N+](=O)[O-]. The van der Waals surface area contributed by atoms with Crippen LogP contribution in [0, 0.1) is 10.1 Å². The molecule has 0 spiro atoms. The van der Waals surface area contributed by atoms with E-state index in [-0.39, 0.29) is 17.9 Å². The number of anilines is 1. The first kappa shape index (κ1) is 18.7. The van der Waals surface area contributed by atoms with E-state index in [1.165, 1.54) is 25.3 Å². The first-order valence-corrected chi connectivity index (χ1v) is 7.82. The monoisotopic (exact) mass is 364 g/mol. The molecule has 2 aromatic rings. The quantitative estimate of drug-likeness (QED) is 0.332. The number of hydrogen-bond acceptors (Lipinski definition) is 6. The number of ether oxygens (including phenoxy) is 2. The molecule has 0 atom stereocenters. The Bertz CT molecular complexity index is 766. The first-order chi connectivity index (χ1) is 12.0. The van der Waals surface area contributed by atoms with Crippen molar-refractivity contribution in [2.75, 3.05) is 25.6 Å². The van der Waals surface area contributed by atoms with Gasteiger partial charge in [0.05, 0.1) is 17.1 Å². The lowest BCUT2D eigenvalue weighted by atomic mass is 10.1. The van der Waals surface area contributed by atoms with Crippen molar-refractivity contribution in [2.24, 2.45) is 0 Å². The summed E-state index contributed by atoms with van der Waals surface area (Å²) in [5.74, 6) is -0.661. The zero-order valence-corrected chi connectivity index (χ0v) is 14.3. The molecular formula is C17H17ClN2O5. The topological polar surface area (TPSA) is 90.7 Å². The average Bonchev–Trinajstić information content (AvgIpc) is 2.61. The van der Waals surface area contributed by atoms with Crippen molar-refractivity contribution in [1.82, 2.24) is 0 Å². The second-order valence-electron chi connectivity index (χ2n) is 5.08. The molecule has 0 fully saturated rings. The molecule has 25 heavy (non-hydrogen) atoms. The summed E-state index contributed by atoms with van der Waals surface area (Å²) in [5.41, 5.74) is 0.855. The molecule has 0 heterocycles. The van der Waals surface area contributed by atoms with Crippen LogP contribution in [0.5, 0.6) is 0 Å². The van der Waals surface area contributed by atoms with E-state index in [1.807, 2.05) is 0 Å². The molecule has 0 saturated carbocycles. The Morgan fingerprint density at radius 1 is 1.28 bits per heavy atom. The van der Waals surface area contributed by atoms with Crippen LogP contribution in [0.4, 0.5) is 11.4 Å². The Kier molecular flexibility index (Phi) is 6.73. The van der Waals surface area contributed by atoms with E-state index in [4.69, 9.17) is 21.1 Å². The lowest BCUT2D eigenvalue weighted by molar-refractivity contribution is -0.384. The maximum Gasteiger partial charge on any atom is 0.338 e. The van der Waals surface area contributed by atoms with Gasteiger partial charge in [-0.05, 0) is 18.2 Å². The Hall–Kier alpha value is -2.64. The van der Waals surface area contributed by atoms with Crippen LogP contribution >= 0.6 is 11.6 Å². The van der Waals surface area contributed by atoms with Gasteiger partial charge in [0.1, 0.15) is 12.3 Å². The second-order valence-corrected chi connectivity index (χ2v) is 5.48. The third-order valence-corrected chi connectivity index (χ3v) is 3.74. The number of halogens is 1. The number of hydrogen-bond donors (Lipinski definition) is 1. The molecule has 0 saturated heterocycles. The van der Waals surface area contributed by atoms with Crippen molar-refractivity contribution in [3.8, 4) is 0 Å². The minimum absolute atomic E-state index is 0.0137. The summed E-state index contributed by atoms with van der Waals surface area (Å²) in [6, 6.07) is 11.1. The molecule has 0 amide bonds. The van der Waals surface area contributed by atoms with E-state index in [0.717, 1.165) is 0 Å². The summed E-state index contributed by atoms with van der Waals surface area (Å²) >= 11 is 6.00. The number of rotatable bonds is 8. The average molecular weight is 365 g/mol. The zero-order chi connectivity index (χ0) is 18.2. The Morgan fingerprint density at radius 3 is 2.72 bits per heavy atom. The summed E-state index contributed by atoms with van der Waals surface area (Å²) in [7, 11) is 1.54. The van der Waals surface area contributed by atoms with Gasteiger partial charge in [0, 0.05) is 30.3 Å². The fourth-order valence-electron chi connectivity index (χ4n) is 2.09. The number of carbonyl (C=O) groups is 1. The summed E-state index contributed by atoms with van der Waals surface area (Å²) in [6.45, 7) is 0.798. The van der Waals surface area contributed by atoms with Crippen LogP contribution < -0.4 is 5.32 Å². The molecule has 2 rings (SSSR count). The van der Waals surface area contributed by atoms with Gasteiger partial charge in [-0.1, -0.05) is 29.8 Å². The van der Waals surface area contributed by atoms with Crippen molar-refractivity contribution >= 4 is 28.9 Å². The Labute approximate surface area is 149 Å². The van der Waals surface area contributed by atoms with Gasteiger partial charge in [-0.3, -0.25) is 10.1 Å². The van der Waals surface area contributed by atoms with Gasteiger partial charge in [-0.15, -0.1) is 0 Å².